The molecule has 1 fully saturated rings. The summed E-state index contributed by atoms with van der Waals surface area (Å²) in [5.74, 6) is 1.89. The van der Waals surface area contributed by atoms with Crippen molar-refractivity contribution < 1.29 is 4.52 Å². The molecule has 0 bridgehead atoms. The topological polar surface area (TPSA) is 63.8 Å². The van der Waals surface area contributed by atoms with Crippen LogP contribution in [0.25, 0.3) is 11.4 Å². The summed E-state index contributed by atoms with van der Waals surface area (Å²) in [6.45, 7) is 6.50. The van der Waals surface area contributed by atoms with Gasteiger partial charge in [-0.05, 0) is 44.0 Å². The van der Waals surface area contributed by atoms with Gasteiger partial charge in [-0.25, -0.2) is 0 Å². The van der Waals surface area contributed by atoms with E-state index in [4.69, 9.17) is 4.52 Å². The van der Waals surface area contributed by atoms with Crippen molar-refractivity contribution in [2.75, 3.05) is 13.1 Å². The Morgan fingerprint density at radius 2 is 2.10 bits per heavy atom. The van der Waals surface area contributed by atoms with Crippen LogP contribution >= 0.6 is 0 Å². The maximum atomic E-state index is 5.53. The molecule has 1 N–H and O–H groups in total. The van der Waals surface area contributed by atoms with Crippen LogP contribution in [0.1, 0.15) is 32.6 Å². The lowest BCUT2D eigenvalue weighted by Crippen LogP contribution is -2.40. The van der Waals surface area contributed by atoms with Gasteiger partial charge in [0.1, 0.15) is 0 Å². The molecule has 0 aromatic carbocycles. The molecule has 1 aliphatic heterocycles. The van der Waals surface area contributed by atoms with Gasteiger partial charge in [0, 0.05) is 23.4 Å². The zero-order valence-electron chi connectivity index (χ0n) is 12.0. The van der Waals surface area contributed by atoms with Crippen molar-refractivity contribution in [3.05, 3.63) is 30.4 Å². The Bertz CT molecular complexity index is 558. The van der Waals surface area contributed by atoms with Gasteiger partial charge in [-0.1, -0.05) is 19.0 Å². The maximum Gasteiger partial charge on any atom is 0.232 e. The molecule has 0 saturated carbocycles. The highest BCUT2D eigenvalue weighted by Crippen LogP contribution is 2.35. The van der Waals surface area contributed by atoms with E-state index >= 15 is 0 Å². The van der Waals surface area contributed by atoms with Gasteiger partial charge in [0.15, 0.2) is 0 Å². The normalized spacial score (nSPS) is 20.0. The van der Waals surface area contributed by atoms with E-state index in [1.165, 1.54) is 12.8 Å². The van der Waals surface area contributed by atoms with Gasteiger partial charge in [-0.3, -0.25) is 4.98 Å². The Morgan fingerprint density at radius 3 is 2.80 bits per heavy atom. The largest absolute Gasteiger partial charge is 0.338 e. The predicted octanol–water partition coefficient (Wildman–Crippen LogP) is 2.41. The summed E-state index contributed by atoms with van der Waals surface area (Å²) in [7, 11) is 0. The fraction of sp³-hybridized carbons (Fsp3) is 0.533. The number of nitrogens with one attached hydrogen (secondary N) is 1. The van der Waals surface area contributed by atoms with Gasteiger partial charge in [-0.2, -0.15) is 4.98 Å². The van der Waals surface area contributed by atoms with E-state index < -0.39 is 0 Å². The molecular formula is C15H20N4O. The van der Waals surface area contributed by atoms with Gasteiger partial charge < -0.3 is 9.84 Å². The number of hydrogen-bond acceptors (Lipinski definition) is 5. The zero-order valence-corrected chi connectivity index (χ0v) is 12.0. The predicted molar refractivity (Wildman–Crippen MR) is 76.1 cm³/mol. The lowest BCUT2D eigenvalue weighted by atomic mass is 9.75. The van der Waals surface area contributed by atoms with Crippen LogP contribution in [0.2, 0.25) is 0 Å². The third kappa shape index (κ3) is 2.45. The molecule has 0 amide bonds. The average molecular weight is 272 g/mol. The number of rotatable bonds is 3. The van der Waals surface area contributed by atoms with Crippen LogP contribution < -0.4 is 5.32 Å². The Kier molecular flexibility index (Phi) is 3.53. The second-order valence-electron chi connectivity index (χ2n) is 5.92. The molecule has 0 radical (unpaired) electrons. The van der Waals surface area contributed by atoms with Crippen LogP contribution in [0.4, 0.5) is 0 Å². The molecule has 3 rings (SSSR count). The summed E-state index contributed by atoms with van der Waals surface area (Å²) in [6.07, 6.45) is 5.88. The molecule has 1 atom stereocenters. The quantitative estimate of drug-likeness (QED) is 0.929. The number of piperidine rings is 1. The minimum Gasteiger partial charge on any atom is -0.338 e. The van der Waals surface area contributed by atoms with Gasteiger partial charge in [0.25, 0.3) is 0 Å². The van der Waals surface area contributed by atoms with Gasteiger partial charge >= 0.3 is 0 Å². The highest BCUT2D eigenvalue weighted by atomic mass is 16.5. The van der Waals surface area contributed by atoms with Crippen molar-refractivity contribution in [3.63, 3.8) is 0 Å². The van der Waals surface area contributed by atoms with Gasteiger partial charge in [0.05, 0.1) is 0 Å². The summed E-state index contributed by atoms with van der Waals surface area (Å²) >= 11 is 0. The van der Waals surface area contributed by atoms with E-state index in [2.05, 4.69) is 34.3 Å². The monoisotopic (exact) mass is 272 g/mol. The summed E-state index contributed by atoms with van der Waals surface area (Å²) < 4.78 is 5.53. The summed E-state index contributed by atoms with van der Waals surface area (Å²) in [5, 5.41) is 7.56. The minimum absolute atomic E-state index is 0.105. The van der Waals surface area contributed by atoms with E-state index in [1.54, 1.807) is 12.4 Å². The molecule has 1 aliphatic rings. The van der Waals surface area contributed by atoms with E-state index in [0.717, 1.165) is 24.5 Å². The SMILES string of the molecule is CC(C)(c1nc(-c2ccncc2)no1)C1CCCNC1. The third-order valence-corrected chi connectivity index (χ3v) is 4.23. The number of aromatic nitrogens is 3. The highest BCUT2D eigenvalue weighted by molar-refractivity contribution is 5.52. The van der Waals surface area contributed by atoms with Crippen LogP contribution in [0.15, 0.2) is 29.0 Å². The molecule has 5 nitrogen and oxygen atoms in total. The Balaban J connectivity index is 1.85. The standard InChI is InChI=1S/C15H20N4O/c1-15(2,12-4-3-7-17-10-12)14-18-13(19-20-14)11-5-8-16-9-6-11/h5-6,8-9,12,17H,3-4,7,10H2,1-2H3. The van der Waals surface area contributed by atoms with Crippen molar-refractivity contribution in [2.45, 2.75) is 32.1 Å². The first-order chi connectivity index (χ1) is 9.68. The molecule has 2 aromatic heterocycles. The van der Waals surface area contributed by atoms with Crippen LogP contribution in [0, 0.1) is 5.92 Å². The van der Waals surface area contributed by atoms with Crippen molar-refractivity contribution in [1.82, 2.24) is 20.4 Å². The lowest BCUT2D eigenvalue weighted by molar-refractivity contribution is 0.196. The molecule has 0 aliphatic carbocycles. The van der Waals surface area contributed by atoms with E-state index in [9.17, 15) is 0 Å². The number of pyridine rings is 1. The third-order valence-electron chi connectivity index (χ3n) is 4.23. The number of nitrogens with zero attached hydrogens (tertiary/aromatic N) is 3. The fourth-order valence-corrected chi connectivity index (χ4v) is 2.75. The second-order valence-corrected chi connectivity index (χ2v) is 5.92. The van der Waals surface area contributed by atoms with E-state index in [-0.39, 0.29) is 5.41 Å². The molecule has 20 heavy (non-hydrogen) atoms. The maximum absolute atomic E-state index is 5.53. The summed E-state index contributed by atoms with van der Waals surface area (Å²) in [4.78, 5) is 8.60. The first-order valence-corrected chi connectivity index (χ1v) is 7.13. The summed E-state index contributed by atoms with van der Waals surface area (Å²) in [5.41, 5.74) is 0.832. The van der Waals surface area contributed by atoms with Crippen LogP contribution in [-0.2, 0) is 5.41 Å². The molecule has 1 saturated heterocycles. The molecule has 1 unspecified atom stereocenters. The van der Waals surface area contributed by atoms with Crippen LogP contribution in [0.5, 0.6) is 0 Å². The van der Waals surface area contributed by atoms with Crippen molar-refractivity contribution in [3.8, 4) is 11.4 Å². The Labute approximate surface area is 118 Å². The summed E-state index contributed by atoms with van der Waals surface area (Å²) in [6, 6.07) is 3.79. The fourth-order valence-electron chi connectivity index (χ4n) is 2.75. The highest BCUT2D eigenvalue weighted by Gasteiger charge is 2.37. The molecule has 3 heterocycles. The molecule has 106 valence electrons. The Hall–Kier alpha value is -1.75. The van der Waals surface area contributed by atoms with Gasteiger partial charge in [-0.15, -0.1) is 0 Å². The first-order valence-electron chi connectivity index (χ1n) is 7.13. The van der Waals surface area contributed by atoms with Crippen molar-refractivity contribution in [2.24, 2.45) is 5.92 Å². The van der Waals surface area contributed by atoms with E-state index in [0.29, 0.717) is 11.7 Å². The molecular weight excluding hydrogens is 252 g/mol. The number of hydrogen-bond donors (Lipinski definition) is 1. The van der Waals surface area contributed by atoms with E-state index in [1.807, 2.05) is 12.1 Å². The molecule has 5 heteroatoms. The molecule has 0 spiro atoms. The van der Waals surface area contributed by atoms with Crippen LogP contribution in [0.3, 0.4) is 0 Å². The van der Waals surface area contributed by atoms with Crippen molar-refractivity contribution in [1.29, 1.82) is 0 Å². The average Bonchev–Trinajstić information content (AvgIpc) is 3.00. The van der Waals surface area contributed by atoms with Crippen molar-refractivity contribution >= 4 is 0 Å². The molecule has 2 aromatic rings. The zero-order chi connectivity index (χ0) is 14.0. The van der Waals surface area contributed by atoms with Crippen LogP contribution in [-0.4, -0.2) is 28.2 Å². The minimum atomic E-state index is -0.105. The second kappa shape index (κ2) is 5.32. The first kappa shape index (κ1) is 13.2. The lowest BCUT2D eigenvalue weighted by Gasteiger charge is -2.34. The Morgan fingerprint density at radius 1 is 1.30 bits per heavy atom. The van der Waals surface area contributed by atoms with Gasteiger partial charge in [0.2, 0.25) is 11.7 Å². The smallest absolute Gasteiger partial charge is 0.232 e.